The molecule has 2 aliphatic rings. The topological polar surface area (TPSA) is 69.7 Å². The van der Waals surface area contributed by atoms with E-state index in [-0.39, 0.29) is 30.3 Å². The highest BCUT2D eigenvalue weighted by molar-refractivity contribution is 5.83. The van der Waals surface area contributed by atoms with Gasteiger partial charge in [0.25, 0.3) is 0 Å². The van der Waals surface area contributed by atoms with Crippen molar-refractivity contribution in [2.45, 2.75) is 38.6 Å². The van der Waals surface area contributed by atoms with Crippen LogP contribution in [0, 0.1) is 5.92 Å². The molecule has 2 atom stereocenters. The van der Waals surface area contributed by atoms with E-state index in [1.54, 1.807) is 0 Å². The minimum atomic E-state index is -0.187. The van der Waals surface area contributed by atoms with Crippen LogP contribution in [-0.2, 0) is 14.4 Å². The van der Waals surface area contributed by atoms with Crippen molar-refractivity contribution in [3.63, 3.8) is 0 Å². The molecule has 1 N–H and O–H groups in total. The van der Waals surface area contributed by atoms with E-state index in [2.05, 4.69) is 5.32 Å². The van der Waals surface area contributed by atoms with Crippen LogP contribution in [0.2, 0.25) is 0 Å². The molecule has 0 aromatic rings. The van der Waals surface area contributed by atoms with Crippen LogP contribution in [0.15, 0.2) is 0 Å². The van der Waals surface area contributed by atoms with Crippen molar-refractivity contribution < 1.29 is 14.4 Å². The van der Waals surface area contributed by atoms with Crippen LogP contribution in [0.25, 0.3) is 0 Å². The number of fused-ring (bicyclic) bond motifs is 1. The number of rotatable bonds is 2. The second-order valence-corrected chi connectivity index (χ2v) is 5.76. The summed E-state index contributed by atoms with van der Waals surface area (Å²) in [5, 5.41) is 2.55. The predicted molar refractivity (Wildman–Crippen MR) is 73.8 cm³/mol. The van der Waals surface area contributed by atoms with Gasteiger partial charge >= 0.3 is 0 Å². The van der Waals surface area contributed by atoms with Gasteiger partial charge in [0.2, 0.25) is 17.7 Å². The number of nitrogens with zero attached hydrogens (tertiary/aromatic N) is 2. The zero-order valence-corrected chi connectivity index (χ0v) is 12.2. The van der Waals surface area contributed by atoms with E-state index in [4.69, 9.17) is 0 Å². The molecule has 6 nitrogen and oxygen atoms in total. The maximum atomic E-state index is 12.0. The van der Waals surface area contributed by atoms with Crippen molar-refractivity contribution in [3.8, 4) is 0 Å². The number of piperidine rings is 1. The first-order chi connectivity index (χ1) is 9.49. The zero-order valence-electron chi connectivity index (χ0n) is 12.2. The standard InChI is InChI=1S/C14H23N3O3/c1-10(18)15-8-14(20)17-7-6-12-11(9-17)4-3-5-13(19)16(12)2/h11-12H,3-9H2,1-2H3,(H,15,18)/t11-,12+/m0/s1. The summed E-state index contributed by atoms with van der Waals surface area (Å²) in [5.41, 5.74) is 0. The molecule has 0 aromatic carbocycles. The molecule has 2 heterocycles. The van der Waals surface area contributed by atoms with Crippen LogP contribution in [-0.4, -0.2) is 60.2 Å². The first kappa shape index (κ1) is 14.8. The summed E-state index contributed by atoms with van der Waals surface area (Å²) in [6.07, 6.45) is 3.34. The molecule has 112 valence electrons. The third-order valence-corrected chi connectivity index (χ3v) is 4.39. The Morgan fingerprint density at radius 3 is 2.80 bits per heavy atom. The number of amides is 3. The lowest BCUT2D eigenvalue weighted by molar-refractivity contribution is -0.137. The van der Waals surface area contributed by atoms with Crippen LogP contribution in [0.3, 0.4) is 0 Å². The lowest BCUT2D eigenvalue weighted by atomic mass is 9.88. The first-order valence-corrected chi connectivity index (χ1v) is 7.27. The number of carbonyl (C=O) groups is 3. The maximum absolute atomic E-state index is 12.0. The molecule has 0 unspecified atom stereocenters. The van der Waals surface area contributed by atoms with E-state index in [1.165, 1.54) is 6.92 Å². The molecule has 0 saturated carbocycles. The molecule has 0 spiro atoms. The zero-order chi connectivity index (χ0) is 14.7. The molecule has 0 radical (unpaired) electrons. The smallest absolute Gasteiger partial charge is 0.241 e. The van der Waals surface area contributed by atoms with Crippen LogP contribution in [0.5, 0.6) is 0 Å². The average molecular weight is 281 g/mol. The van der Waals surface area contributed by atoms with Gasteiger partial charge in [-0.1, -0.05) is 0 Å². The molecule has 0 aromatic heterocycles. The average Bonchev–Trinajstić information content (AvgIpc) is 2.56. The largest absolute Gasteiger partial charge is 0.347 e. The van der Waals surface area contributed by atoms with E-state index in [9.17, 15) is 14.4 Å². The van der Waals surface area contributed by atoms with Crippen molar-refractivity contribution in [2.24, 2.45) is 5.92 Å². The van der Waals surface area contributed by atoms with E-state index in [0.29, 0.717) is 25.4 Å². The summed E-state index contributed by atoms with van der Waals surface area (Å²) in [4.78, 5) is 38.4. The number of hydrogen-bond acceptors (Lipinski definition) is 3. The highest BCUT2D eigenvalue weighted by Crippen LogP contribution is 2.29. The van der Waals surface area contributed by atoms with E-state index < -0.39 is 0 Å². The Kier molecular flexibility index (Phi) is 4.62. The Bertz CT molecular complexity index is 410. The molecule has 2 fully saturated rings. The van der Waals surface area contributed by atoms with Crippen LogP contribution < -0.4 is 5.32 Å². The molecule has 3 amide bonds. The molecule has 2 rings (SSSR count). The molecule has 0 aliphatic carbocycles. The minimum absolute atomic E-state index is 0.0307. The quantitative estimate of drug-likeness (QED) is 0.773. The third-order valence-electron chi connectivity index (χ3n) is 4.39. The monoisotopic (exact) mass is 281 g/mol. The van der Waals surface area contributed by atoms with Crippen molar-refractivity contribution in [1.82, 2.24) is 15.1 Å². The second kappa shape index (κ2) is 6.24. The molecule has 2 aliphatic heterocycles. The molecule has 0 bridgehead atoms. The fourth-order valence-corrected chi connectivity index (χ4v) is 3.23. The summed E-state index contributed by atoms with van der Waals surface area (Å²) in [7, 11) is 1.88. The van der Waals surface area contributed by atoms with Crippen LogP contribution >= 0.6 is 0 Å². The van der Waals surface area contributed by atoms with Gasteiger partial charge in [-0.2, -0.15) is 0 Å². The summed E-state index contributed by atoms with van der Waals surface area (Å²) in [5.74, 6) is 0.363. The summed E-state index contributed by atoms with van der Waals surface area (Å²) < 4.78 is 0. The van der Waals surface area contributed by atoms with Gasteiger partial charge in [0, 0.05) is 39.5 Å². The van der Waals surface area contributed by atoms with Gasteiger partial charge in [-0.3, -0.25) is 14.4 Å². The lowest BCUT2D eigenvalue weighted by Crippen LogP contribution is -2.53. The molecule has 2 saturated heterocycles. The van der Waals surface area contributed by atoms with Crippen molar-refractivity contribution in [3.05, 3.63) is 0 Å². The Labute approximate surface area is 119 Å². The van der Waals surface area contributed by atoms with Crippen LogP contribution in [0.1, 0.15) is 32.6 Å². The van der Waals surface area contributed by atoms with Crippen LogP contribution in [0.4, 0.5) is 0 Å². The van der Waals surface area contributed by atoms with E-state index >= 15 is 0 Å². The maximum Gasteiger partial charge on any atom is 0.241 e. The third kappa shape index (κ3) is 3.29. The van der Waals surface area contributed by atoms with Gasteiger partial charge in [-0.15, -0.1) is 0 Å². The summed E-state index contributed by atoms with van der Waals surface area (Å²) >= 11 is 0. The molecule has 20 heavy (non-hydrogen) atoms. The van der Waals surface area contributed by atoms with Crippen molar-refractivity contribution in [2.75, 3.05) is 26.7 Å². The van der Waals surface area contributed by atoms with Gasteiger partial charge in [0.15, 0.2) is 0 Å². The van der Waals surface area contributed by atoms with Gasteiger partial charge in [0.05, 0.1) is 6.54 Å². The Balaban J connectivity index is 1.94. The highest BCUT2D eigenvalue weighted by atomic mass is 16.2. The fourth-order valence-electron chi connectivity index (χ4n) is 3.23. The lowest BCUT2D eigenvalue weighted by Gasteiger charge is -2.41. The number of hydrogen-bond donors (Lipinski definition) is 1. The van der Waals surface area contributed by atoms with Gasteiger partial charge < -0.3 is 15.1 Å². The van der Waals surface area contributed by atoms with Crippen molar-refractivity contribution in [1.29, 1.82) is 0 Å². The Hall–Kier alpha value is -1.59. The molecule has 6 heteroatoms. The Morgan fingerprint density at radius 2 is 2.10 bits per heavy atom. The Morgan fingerprint density at radius 1 is 1.35 bits per heavy atom. The summed E-state index contributed by atoms with van der Waals surface area (Å²) in [6.45, 7) is 2.84. The highest BCUT2D eigenvalue weighted by Gasteiger charge is 2.36. The normalized spacial score (nSPS) is 26.8. The predicted octanol–water partition coefficient (Wildman–Crippen LogP) is -0.0181. The van der Waals surface area contributed by atoms with Crippen molar-refractivity contribution >= 4 is 17.7 Å². The fraction of sp³-hybridized carbons (Fsp3) is 0.786. The molecular weight excluding hydrogens is 258 g/mol. The van der Waals surface area contributed by atoms with Gasteiger partial charge in [-0.25, -0.2) is 0 Å². The van der Waals surface area contributed by atoms with E-state index in [1.807, 2.05) is 16.8 Å². The van der Waals surface area contributed by atoms with E-state index in [0.717, 1.165) is 19.3 Å². The SMILES string of the molecule is CC(=O)NCC(=O)N1CC[C@@H]2[C@@H](CCCC(=O)N2C)C1. The second-order valence-electron chi connectivity index (χ2n) is 5.76. The number of nitrogens with one attached hydrogen (secondary N) is 1. The summed E-state index contributed by atoms with van der Waals surface area (Å²) in [6, 6.07) is 0.259. The number of carbonyl (C=O) groups excluding carboxylic acids is 3. The van der Waals surface area contributed by atoms with Gasteiger partial charge in [-0.05, 0) is 25.2 Å². The number of likely N-dealkylation sites (tertiary alicyclic amines) is 2. The first-order valence-electron chi connectivity index (χ1n) is 7.27. The van der Waals surface area contributed by atoms with Gasteiger partial charge in [0.1, 0.15) is 0 Å². The molecular formula is C14H23N3O3. The minimum Gasteiger partial charge on any atom is -0.347 e.